The van der Waals surface area contributed by atoms with Gasteiger partial charge in [-0.3, -0.25) is 20.4 Å². The molecule has 1 aromatic rings. The Morgan fingerprint density at radius 2 is 2.14 bits per heavy atom. The van der Waals surface area contributed by atoms with Gasteiger partial charge in [-0.1, -0.05) is 19.4 Å². The summed E-state index contributed by atoms with van der Waals surface area (Å²) in [4.78, 5) is 12.1. The minimum Gasteiger partial charge on any atom is -0.494 e. The zero-order chi connectivity index (χ0) is 16.0. The summed E-state index contributed by atoms with van der Waals surface area (Å²) in [6, 6.07) is 4.40. The van der Waals surface area contributed by atoms with Gasteiger partial charge in [-0.2, -0.15) is 0 Å². The van der Waals surface area contributed by atoms with Crippen LogP contribution < -0.4 is 9.64 Å². The lowest BCUT2D eigenvalue weighted by molar-refractivity contribution is -0.384. The summed E-state index contributed by atoms with van der Waals surface area (Å²) in [5, 5.41) is 18.8. The van der Waals surface area contributed by atoms with Crippen LogP contribution in [0.25, 0.3) is 0 Å². The third-order valence-electron chi connectivity index (χ3n) is 3.03. The Morgan fingerprint density at radius 1 is 1.48 bits per heavy atom. The van der Waals surface area contributed by atoms with E-state index in [1.165, 1.54) is 19.2 Å². The van der Waals surface area contributed by atoms with Crippen molar-refractivity contribution in [1.29, 1.82) is 5.41 Å². The Labute approximate surface area is 124 Å². The highest BCUT2D eigenvalue weighted by Crippen LogP contribution is 2.34. The van der Waals surface area contributed by atoms with Gasteiger partial charge in [0, 0.05) is 11.8 Å². The first-order valence-corrected chi connectivity index (χ1v) is 6.76. The van der Waals surface area contributed by atoms with Crippen LogP contribution in [0.5, 0.6) is 5.75 Å². The van der Waals surface area contributed by atoms with E-state index in [2.05, 4.69) is 6.92 Å². The first kappa shape index (κ1) is 16.7. The van der Waals surface area contributed by atoms with E-state index in [0.717, 1.165) is 18.5 Å². The van der Waals surface area contributed by atoms with Gasteiger partial charge in [0.05, 0.1) is 23.8 Å². The van der Waals surface area contributed by atoms with E-state index >= 15 is 0 Å². The molecule has 0 spiro atoms. The Kier molecular flexibility index (Phi) is 5.90. The highest BCUT2D eigenvalue weighted by Gasteiger charge is 2.18. The lowest BCUT2D eigenvalue weighted by Crippen LogP contribution is -2.26. The number of unbranched alkanes of at least 4 members (excludes halogenated alkanes) is 1. The average molecular weight is 291 g/mol. The van der Waals surface area contributed by atoms with Crippen molar-refractivity contribution in [1.82, 2.24) is 0 Å². The molecule has 0 saturated carbocycles. The van der Waals surface area contributed by atoms with E-state index < -0.39 is 4.92 Å². The van der Waals surface area contributed by atoms with E-state index in [1.807, 2.05) is 13.0 Å². The maximum absolute atomic E-state index is 10.8. The lowest BCUT2D eigenvalue weighted by Gasteiger charge is -2.26. The molecule has 21 heavy (non-hydrogen) atoms. The van der Waals surface area contributed by atoms with Crippen LogP contribution >= 0.6 is 0 Å². The predicted molar refractivity (Wildman–Crippen MR) is 84.2 cm³/mol. The monoisotopic (exact) mass is 291 g/mol. The minimum atomic E-state index is -0.465. The molecule has 0 radical (unpaired) electrons. The largest absolute Gasteiger partial charge is 0.494 e. The van der Waals surface area contributed by atoms with E-state index in [9.17, 15) is 10.1 Å². The smallest absolute Gasteiger partial charge is 0.273 e. The van der Waals surface area contributed by atoms with Gasteiger partial charge >= 0.3 is 0 Å². The second-order valence-corrected chi connectivity index (χ2v) is 4.67. The molecule has 0 aliphatic heterocycles. The number of amidine groups is 1. The fraction of sp³-hybridized carbons (Fsp3) is 0.400. The van der Waals surface area contributed by atoms with Crippen LogP contribution in [0, 0.1) is 15.5 Å². The fourth-order valence-corrected chi connectivity index (χ4v) is 2.04. The van der Waals surface area contributed by atoms with Crippen LogP contribution in [0.1, 0.15) is 33.6 Å². The summed E-state index contributed by atoms with van der Waals surface area (Å²) in [6.07, 6.45) is 3.96. The summed E-state index contributed by atoms with van der Waals surface area (Å²) in [5.74, 6) is 0.701. The Balaban J connectivity index is 3.32. The molecule has 1 rings (SSSR count). The number of nitrogens with one attached hydrogen (secondary N) is 1. The fourth-order valence-electron chi connectivity index (χ4n) is 2.04. The number of hydrogen-bond donors (Lipinski definition) is 1. The van der Waals surface area contributed by atoms with E-state index in [4.69, 9.17) is 10.1 Å². The Morgan fingerprint density at radius 3 is 2.62 bits per heavy atom. The molecule has 1 aromatic carbocycles. The van der Waals surface area contributed by atoms with Gasteiger partial charge in [-0.25, -0.2) is 0 Å². The summed E-state index contributed by atoms with van der Waals surface area (Å²) >= 11 is 0. The second kappa shape index (κ2) is 7.42. The number of rotatable bonds is 6. The highest BCUT2D eigenvalue weighted by atomic mass is 16.6. The molecule has 0 amide bonds. The van der Waals surface area contributed by atoms with Gasteiger partial charge in [-0.15, -0.1) is 0 Å². The van der Waals surface area contributed by atoms with Crippen LogP contribution in [0.2, 0.25) is 0 Å². The molecule has 0 aliphatic rings. The van der Waals surface area contributed by atoms with Gasteiger partial charge in [0.25, 0.3) is 5.69 Å². The number of nitro benzene ring substituents is 1. The van der Waals surface area contributed by atoms with Crippen molar-refractivity contribution in [3.63, 3.8) is 0 Å². The van der Waals surface area contributed by atoms with Crippen LogP contribution in [-0.2, 0) is 0 Å². The Hall–Kier alpha value is -2.37. The lowest BCUT2D eigenvalue weighted by atomic mass is 10.2. The van der Waals surface area contributed by atoms with Crippen molar-refractivity contribution < 1.29 is 9.66 Å². The number of benzene rings is 1. The zero-order valence-corrected chi connectivity index (χ0v) is 12.8. The SMILES string of the molecule is CCC/C=C(\C)N(C(C)=N)c1ccc([N+](=O)[O-])cc1OC. The van der Waals surface area contributed by atoms with Gasteiger partial charge in [0.15, 0.2) is 0 Å². The number of hydrogen-bond acceptors (Lipinski definition) is 4. The normalized spacial score (nSPS) is 11.1. The van der Waals surface area contributed by atoms with E-state index in [-0.39, 0.29) is 5.69 Å². The molecule has 0 aliphatic carbocycles. The first-order chi connectivity index (χ1) is 9.92. The highest BCUT2D eigenvalue weighted by molar-refractivity contribution is 5.98. The van der Waals surface area contributed by atoms with Crippen LogP contribution in [-0.4, -0.2) is 17.9 Å². The molecule has 0 heterocycles. The first-order valence-electron chi connectivity index (χ1n) is 6.76. The molecule has 0 bridgehead atoms. The number of allylic oxidation sites excluding steroid dienone is 2. The summed E-state index contributed by atoms with van der Waals surface area (Å²) < 4.78 is 5.25. The van der Waals surface area contributed by atoms with Crippen molar-refractivity contribution in [2.45, 2.75) is 33.6 Å². The van der Waals surface area contributed by atoms with Crippen molar-refractivity contribution in [3.8, 4) is 5.75 Å². The molecular formula is C15H21N3O3. The average Bonchev–Trinajstić information content (AvgIpc) is 2.44. The molecule has 0 fully saturated rings. The van der Waals surface area contributed by atoms with Crippen molar-refractivity contribution in [2.24, 2.45) is 0 Å². The molecule has 1 N–H and O–H groups in total. The number of ether oxygens (including phenoxy) is 1. The van der Waals surface area contributed by atoms with Crippen molar-refractivity contribution >= 4 is 17.2 Å². The third kappa shape index (κ3) is 4.05. The molecular weight excluding hydrogens is 270 g/mol. The van der Waals surface area contributed by atoms with Crippen LogP contribution in [0.15, 0.2) is 30.0 Å². The second-order valence-electron chi connectivity index (χ2n) is 4.67. The quantitative estimate of drug-likeness (QED) is 0.370. The summed E-state index contributed by atoms with van der Waals surface area (Å²) in [6.45, 7) is 5.66. The van der Waals surface area contributed by atoms with Crippen LogP contribution in [0.4, 0.5) is 11.4 Å². The summed E-state index contributed by atoms with van der Waals surface area (Å²) in [5.41, 5.74) is 1.49. The van der Waals surface area contributed by atoms with E-state index in [0.29, 0.717) is 17.3 Å². The van der Waals surface area contributed by atoms with E-state index in [1.54, 1.807) is 17.9 Å². The maximum atomic E-state index is 10.8. The topological polar surface area (TPSA) is 79.5 Å². The maximum Gasteiger partial charge on any atom is 0.273 e. The summed E-state index contributed by atoms with van der Waals surface area (Å²) in [7, 11) is 1.46. The molecule has 0 atom stereocenters. The number of nitro groups is 1. The number of nitrogens with zero attached hydrogens (tertiary/aromatic N) is 2. The predicted octanol–water partition coefficient (Wildman–Crippen LogP) is 4.11. The molecule has 6 nitrogen and oxygen atoms in total. The molecule has 0 saturated heterocycles. The van der Waals surface area contributed by atoms with Gasteiger partial charge < -0.3 is 4.74 Å². The molecule has 6 heteroatoms. The minimum absolute atomic E-state index is 0.0339. The standard InChI is InChI=1S/C15H21N3O3/c1-5-6-7-11(2)17(12(3)16)14-9-8-13(18(19)20)10-15(14)21-4/h7-10,16H,5-6H2,1-4H3/b11-7+,16-12?. The van der Waals surface area contributed by atoms with Crippen LogP contribution in [0.3, 0.4) is 0 Å². The number of anilines is 1. The molecule has 0 unspecified atom stereocenters. The Bertz CT molecular complexity index is 567. The number of methoxy groups -OCH3 is 1. The zero-order valence-electron chi connectivity index (χ0n) is 12.8. The van der Waals surface area contributed by atoms with Crippen molar-refractivity contribution in [3.05, 3.63) is 40.1 Å². The van der Waals surface area contributed by atoms with Crippen molar-refractivity contribution in [2.75, 3.05) is 12.0 Å². The van der Waals surface area contributed by atoms with Gasteiger partial charge in [-0.05, 0) is 26.3 Å². The molecule has 0 aromatic heterocycles. The van der Waals surface area contributed by atoms with Gasteiger partial charge in [0.2, 0.25) is 0 Å². The van der Waals surface area contributed by atoms with Gasteiger partial charge in [0.1, 0.15) is 11.6 Å². The third-order valence-corrected chi connectivity index (χ3v) is 3.03. The molecule has 114 valence electrons. The number of non-ortho nitro benzene ring substituents is 1.